The first kappa shape index (κ1) is 14.4. The lowest BCUT2D eigenvalue weighted by Crippen LogP contribution is -2.24. The fraction of sp³-hybridized carbons (Fsp3) is 0.538. The van der Waals surface area contributed by atoms with E-state index in [1.807, 2.05) is 18.4 Å². The van der Waals surface area contributed by atoms with Crippen molar-refractivity contribution in [3.05, 3.63) is 35.2 Å². The van der Waals surface area contributed by atoms with Crippen LogP contribution in [-0.4, -0.2) is 18.0 Å². The van der Waals surface area contributed by atoms with E-state index in [0.29, 0.717) is 0 Å². The second-order valence-corrected chi connectivity index (χ2v) is 4.44. The predicted molar refractivity (Wildman–Crippen MR) is 72.8 cm³/mol. The average molecular weight is 225 g/mol. The molecule has 0 aliphatic rings. The molecular formula is C13H23NS. The van der Waals surface area contributed by atoms with E-state index in [1.165, 1.54) is 0 Å². The normalized spacial score (nSPS) is 10.6. The third-order valence-corrected chi connectivity index (χ3v) is 2.97. The van der Waals surface area contributed by atoms with E-state index in [-0.39, 0.29) is 0 Å². The molecule has 0 bridgehead atoms. The lowest BCUT2D eigenvalue weighted by atomic mass is 10.3. The van der Waals surface area contributed by atoms with Gasteiger partial charge in [0.25, 0.3) is 0 Å². The van der Waals surface area contributed by atoms with E-state index in [9.17, 15) is 0 Å². The molecule has 0 aromatic heterocycles. The summed E-state index contributed by atoms with van der Waals surface area (Å²) >= 11 is 1.65. The van der Waals surface area contributed by atoms with Crippen molar-refractivity contribution in [3.8, 4) is 0 Å². The fourth-order valence-electron chi connectivity index (χ4n) is 1.32. The zero-order valence-electron chi connectivity index (χ0n) is 10.3. The van der Waals surface area contributed by atoms with Crippen molar-refractivity contribution < 1.29 is 0 Å². The van der Waals surface area contributed by atoms with Gasteiger partial charge in [-0.3, -0.25) is 0 Å². The van der Waals surface area contributed by atoms with Gasteiger partial charge in [0.15, 0.2) is 0 Å². The maximum absolute atomic E-state index is 4.12. The average Bonchev–Trinajstić information content (AvgIpc) is 2.24. The van der Waals surface area contributed by atoms with Gasteiger partial charge in [-0.05, 0) is 25.2 Å². The standard InChI is InChI=1S/C13H23NS/c1-6-9-14(10-7-2)12(4)13(5)15-11-8-3/h8,11H,4-7,9-10H2,1-3H3/b11-8-. The predicted octanol–water partition coefficient (Wildman–Crippen LogP) is 4.40. The third kappa shape index (κ3) is 5.73. The molecule has 0 unspecified atom stereocenters. The van der Waals surface area contributed by atoms with Crippen LogP contribution in [0, 0.1) is 0 Å². The van der Waals surface area contributed by atoms with Crippen LogP contribution in [-0.2, 0) is 0 Å². The van der Waals surface area contributed by atoms with E-state index in [2.05, 4.69) is 31.9 Å². The molecule has 0 aromatic rings. The Bertz CT molecular complexity index is 225. The van der Waals surface area contributed by atoms with E-state index < -0.39 is 0 Å². The number of hydrogen-bond acceptors (Lipinski definition) is 2. The summed E-state index contributed by atoms with van der Waals surface area (Å²) in [5, 5.41) is 2.05. The summed E-state index contributed by atoms with van der Waals surface area (Å²) in [6, 6.07) is 0. The van der Waals surface area contributed by atoms with Crippen LogP contribution in [0.5, 0.6) is 0 Å². The molecule has 0 saturated heterocycles. The minimum atomic E-state index is 1.05. The zero-order valence-corrected chi connectivity index (χ0v) is 11.1. The van der Waals surface area contributed by atoms with Crippen LogP contribution in [0.1, 0.15) is 33.6 Å². The summed E-state index contributed by atoms with van der Waals surface area (Å²) in [5.74, 6) is 0. The maximum Gasteiger partial charge on any atom is 0.0428 e. The Morgan fingerprint density at radius 1 is 1.20 bits per heavy atom. The van der Waals surface area contributed by atoms with E-state index in [1.54, 1.807) is 11.8 Å². The summed E-state index contributed by atoms with van der Waals surface area (Å²) < 4.78 is 0. The summed E-state index contributed by atoms with van der Waals surface area (Å²) in [7, 11) is 0. The van der Waals surface area contributed by atoms with E-state index >= 15 is 0 Å². The van der Waals surface area contributed by atoms with Crippen LogP contribution in [0.4, 0.5) is 0 Å². The SMILES string of the molecule is C=C(S/C=C\C)C(=C)N(CCC)CCC. The summed E-state index contributed by atoms with van der Waals surface area (Å²) in [6.45, 7) is 16.7. The van der Waals surface area contributed by atoms with Gasteiger partial charge >= 0.3 is 0 Å². The molecule has 0 amide bonds. The molecule has 0 fully saturated rings. The molecule has 0 saturated carbocycles. The minimum Gasteiger partial charge on any atom is -0.371 e. The summed E-state index contributed by atoms with van der Waals surface area (Å²) in [4.78, 5) is 3.37. The number of thioether (sulfide) groups is 1. The molecule has 1 nitrogen and oxygen atoms in total. The number of nitrogens with zero attached hydrogens (tertiary/aromatic N) is 1. The molecule has 0 rings (SSSR count). The zero-order chi connectivity index (χ0) is 11.7. The van der Waals surface area contributed by atoms with Gasteiger partial charge in [-0.25, -0.2) is 0 Å². The van der Waals surface area contributed by atoms with Gasteiger partial charge in [-0.15, -0.1) is 0 Å². The smallest absolute Gasteiger partial charge is 0.0428 e. The van der Waals surface area contributed by atoms with E-state index in [4.69, 9.17) is 0 Å². The van der Waals surface area contributed by atoms with Crippen molar-refractivity contribution in [1.29, 1.82) is 0 Å². The van der Waals surface area contributed by atoms with Crippen LogP contribution in [0.15, 0.2) is 35.2 Å². The van der Waals surface area contributed by atoms with Gasteiger partial charge in [0.1, 0.15) is 0 Å². The largest absolute Gasteiger partial charge is 0.371 e. The molecular weight excluding hydrogens is 202 g/mol. The van der Waals surface area contributed by atoms with Gasteiger partial charge in [-0.2, -0.15) is 0 Å². The van der Waals surface area contributed by atoms with Crippen LogP contribution in [0.25, 0.3) is 0 Å². The molecule has 2 heteroatoms. The third-order valence-electron chi connectivity index (χ3n) is 2.04. The van der Waals surface area contributed by atoms with Crippen LogP contribution in [0.3, 0.4) is 0 Å². The Hall–Kier alpha value is -0.630. The van der Waals surface area contributed by atoms with Crippen molar-refractivity contribution >= 4 is 11.8 Å². The Labute approximate surface area is 98.9 Å². The highest BCUT2D eigenvalue weighted by atomic mass is 32.2. The topological polar surface area (TPSA) is 3.24 Å². The quantitative estimate of drug-likeness (QED) is 0.563. The first-order valence-corrected chi connectivity index (χ1v) is 6.46. The molecule has 0 aliphatic carbocycles. The number of rotatable bonds is 8. The first-order valence-electron chi connectivity index (χ1n) is 5.58. The van der Waals surface area contributed by atoms with Crippen molar-refractivity contribution in [2.45, 2.75) is 33.6 Å². The van der Waals surface area contributed by atoms with E-state index in [0.717, 1.165) is 36.5 Å². The van der Waals surface area contributed by atoms with Crippen LogP contribution in [0.2, 0.25) is 0 Å². The second-order valence-electron chi connectivity index (χ2n) is 3.44. The van der Waals surface area contributed by atoms with Gasteiger partial charge in [-0.1, -0.05) is 44.8 Å². The van der Waals surface area contributed by atoms with Crippen LogP contribution < -0.4 is 0 Å². The molecule has 0 heterocycles. The fourth-order valence-corrected chi connectivity index (χ4v) is 1.88. The minimum absolute atomic E-state index is 1.05. The molecule has 0 radical (unpaired) electrons. The van der Waals surface area contributed by atoms with Crippen LogP contribution >= 0.6 is 11.8 Å². The molecule has 0 aromatic carbocycles. The van der Waals surface area contributed by atoms with Crippen molar-refractivity contribution in [2.24, 2.45) is 0 Å². The van der Waals surface area contributed by atoms with Gasteiger partial charge in [0.2, 0.25) is 0 Å². The Balaban J connectivity index is 4.27. The lowest BCUT2D eigenvalue weighted by molar-refractivity contribution is 0.355. The highest BCUT2D eigenvalue weighted by Gasteiger charge is 2.08. The monoisotopic (exact) mass is 225 g/mol. The highest BCUT2D eigenvalue weighted by molar-refractivity contribution is 8.06. The Kier molecular flexibility index (Phi) is 8.30. The summed E-state index contributed by atoms with van der Waals surface area (Å²) in [6.07, 6.45) is 4.33. The number of hydrogen-bond donors (Lipinski definition) is 0. The maximum atomic E-state index is 4.12. The molecule has 0 atom stereocenters. The Morgan fingerprint density at radius 2 is 1.73 bits per heavy atom. The lowest BCUT2D eigenvalue weighted by Gasteiger charge is -2.26. The molecule has 15 heavy (non-hydrogen) atoms. The van der Waals surface area contributed by atoms with Crippen molar-refractivity contribution in [3.63, 3.8) is 0 Å². The van der Waals surface area contributed by atoms with Crippen molar-refractivity contribution in [2.75, 3.05) is 13.1 Å². The van der Waals surface area contributed by atoms with Crippen molar-refractivity contribution in [1.82, 2.24) is 4.90 Å². The van der Waals surface area contributed by atoms with Gasteiger partial charge in [0, 0.05) is 23.7 Å². The van der Waals surface area contributed by atoms with Gasteiger partial charge < -0.3 is 4.90 Å². The Morgan fingerprint density at radius 3 is 2.13 bits per heavy atom. The molecule has 86 valence electrons. The summed E-state index contributed by atoms with van der Waals surface area (Å²) in [5.41, 5.74) is 1.07. The highest BCUT2D eigenvalue weighted by Crippen LogP contribution is 2.24. The molecule has 0 spiro atoms. The molecule has 0 N–H and O–H groups in total. The van der Waals surface area contributed by atoms with Gasteiger partial charge in [0.05, 0.1) is 0 Å². The number of allylic oxidation sites excluding steroid dienone is 1. The second kappa shape index (κ2) is 8.66. The molecule has 0 aliphatic heterocycles. The first-order chi connectivity index (χ1) is 7.17.